The molecule has 1 aromatic rings. The van der Waals surface area contributed by atoms with E-state index in [-0.39, 0.29) is 0 Å². The van der Waals surface area contributed by atoms with Crippen molar-refractivity contribution in [3.05, 3.63) is 18.2 Å². The first-order valence-electron chi connectivity index (χ1n) is 6.49. The van der Waals surface area contributed by atoms with Crippen LogP contribution in [0.5, 0.6) is 5.75 Å². The Hall–Kier alpha value is -1.42. The minimum Gasteiger partial charge on any atom is -0.493 e. The molecule has 0 saturated heterocycles. The lowest BCUT2D eigenvalue weighted by Crippen LogP contribution is -2.22. The van der Waals surface area contributed by atoms with Crippen molar-refractivity contribution >= 4 is 11.4 Å². The number of hydrogen-bond donors (Lipinski definition) is 1. The van der Waals surface area contributed by atoms with Crippen LogP contribution in [-0.2, 0) is 4.74 Å². The van der Waals surface area contributed by atoms with Crippen LogP contribution in [0.2, 0.25) is 0 Å². The quantitative estimate of drug-likeness (QED) is 0.570. The molecule has 0 unspecified atom stereocenters. The fourth-order valence-corrected chi connectivity index (χ4v) is 1.60. The molecular weight excluding hydrogens is 228 g/mol. The molecule has 0 fully saturated rings. The van der Waals surface area contributed by atoms with Crippen LogP contribution in [-0.4, -0.2) is 33.4 Å². The second-order valence-corrected chi connectivity index (χ2v) is 4.23. The molecule has 0 aliphatic heterocycles. The number of rotatable bonds is 8. The zero-order valence-electron chi connectivity index (χ0n) is 11.6. The number of nitrogens with two attached hydrogens (primary N) is 1. The van der Waals surface area contributed by atoms with E-state index in [0.717, 1.165) is 36.7 Å². The summed E-state index contributed by atoms with van der Waals surface area (Å²) in [4.78, 5) is 2.12. The first-order chi connectivity index (χ1) is 8.67. The van der Waals surface area contributed by atoms with Gasteiger partial charge in [0.25, 0.3) is 0 Å². The van der Waals surface area contributed by atoms with Crippen molar-refractivity contribution in [1.82, 2.24) is 0 Å². The molecule has 0 aliphatic carbocycles. The number of ether oxygens (including phenoxy) is 2. The molecule has 102 valence electrons. The van der Waals surface area contributed by atoms with Gasteiger partial charge in [0.05, 0.1) is 13.2 Å². The van der Waals surface area contributed by atoms with Gasteiger partial charge in [-0.1, -0.05) is 6.92 Å². The van der Waals surface area contributed by atoms with Crippen LogP contribution in [0, 0.1) is 0 Å². The molecule has 4 heteroatoms. The maximum Gasteiger partial charge on any atom is 0.123 e. The Balaban J connectivity index is 2.65. The molecule has 2 N–H and O–H groups in total. The highest BCUT2D eigenvalue weighted by atomic mass is 16.5. The van der Waals surface area contributed by atoms with Crippen LogP contribution in [0.25, 0.3) is 0 Å². The fourth-order valence-electron chi connectivity index (χ4n) is 1.60. The summed E-state index contributed by atoms with van der Waals surface area (Å²) < 4.78 is 11.0. The van der Waals surface area contributed by atoms with Gasteiger partial charge in [0.2, 0.25) is 0 Å². The molecular formula is C14H24N2O2. The number of nitrogens with zero attached hydrogens (tertiary/aromatic N) is 1. The Morgan fingerprint density at radius 1 is 1.17 bits per heavy atom. The zero-order chi connectivity index (χ0) is 13.4. The topological polar surface area (TPSA) is 47.7 Å². The molecule has 0 heterocycles. The van der Waals surface area contributed by atoms with E-state index in [0.29, 0.717) is 13.2 Å². The molecule has 0 aromatic heterocycles. The first-order valence-corrected chi connectivity index (χ1v) is 6.49. The molecule has 0 radical (unpaired) electrons. The van der Waals surface area contributed by atoms with Gasteiger partial charge >= 0.3 is 0 Å². The molecule has 1 aromatic carbocycles. The molecule has 0 aliphatic rings. The number of benzene rings is 1. The summed E-state index contributed by atoms with van der Waals surface area (Å²) in [5.74, 6) is 0.829. The standard InChI is InChI=1S/C14H24N2O2/c1-4-7-18-14-10-12(15)9-13(11-14)16(3)6-8-17-5-2/h9-11H,4-8,15H2,1-3H3. The van der Waals surface area contributed by atoms with Gasteiger partial charge in [-0.05, 0) is 19.4 Å². The Morgan fingerprint density at radius 3 is 2.61 bits per heavy atom. The third-order valence-electron chi connectivity index (χ3n) is 2.60. The van der Waals surface area contributed by atoms with Gasteiger partial charge in [0.15, 0.2) is 0 Å². The predicted octanol–water partition coefficient (Wildman–Crippen LogP) is 2.53. The zero-order valence-corrected chi connectivity index (χ0v) is 11.6. The van der Waals surface area contributed by atoms with Gasteiger partial charge in [0, 0.05) is 43.7 Å². The van der Waals surface area contributed by atoms with Crippen LogP contribution < -0.4 is 15.4 Å². The van der Waals surface area contributed by atoms with Crippen molar-refractivity contribution in [2.75, 3.05) is 44.0 Å². The highest BCUT2D eigenvalue weighted by Gasteiger charge is 2.05. The highest BCUT2D eigenvalue weighted by molar-refractivity contribution is 5.60. The van der Waals surface area contributed by atoms with Crippen LogP contribution in [0.4, 0.5) is 11.4 Å². The lowest BCUT2D eigenvalue weighted by atomic mass is 10.2. The first kappa shape index (κ1) is 14.6. The lowest BCUT2D eigenvalue weighted by molar-refractivity contribution is 0.154. The van der Waals surface area contributed by atoms with Crippen LogP contribution in [0.1, 0.15) is 20.3 Å². The maximum absolute atomic E-state index is 5.89. The van der Waals surface area contributed by atoms with Crippen LogP contribution in [0.3, 0.4) is 0 Å². The van der Waals surface area contributed by atoms with Crippen molar-refractivity contribution in [1.29, 1.82) is 0 Å². The summed E-state index contributed by atoms with van der Waals surface area (Å²) in [6.07, 6.45) is 0.990. The summed E-state index contributed by atoms with van der Waals surface area (Å²) in [5.41, 5.74) is 7.67. The van der Waals surface area contributed by atoms with Crippen LogP contribution in [0.15, 0.2) is 18.2 Å². The largest absolute Gasteiger partial charge is 0.493 e. The molecule has 0 saturated carbocycles. The van der Waals surface area contributed by atoms with Gasteiger partial charge in [-0.2, -0.15) is 0 Å². The van der Waals surface area contributed by atoms with Gasteiger partial charge in [0.1, 0.15) is 5.75 Å². The number of likely N-dealkylation sites (N-methyl/N-ethyl adjacent to an activating group) is 1. The summed E-state index contributed by atoms with van der Waals surface area (Å²) in [5, 5.41) is 0. The molecule has 0 bridgehead atoms. The van der Waals surface area contributed by atoms with Crippen LogP contribution >= 0.6 is 0 Å². The van der Waals surface area contributed by atoms with Crippen molar-refractivity contribution in [3.8, 4) is 5.75 Å². The van der Waals surface area contributed by atoms with E-state index >= 15 is 0 Å². The van der Waals surface area contributed by atoms with Gasteiger partial charge in [-0.3, -0.25) is 0 Å². The Morgan fingerprint density at radius 2 is 1.94 bits per heavy atom. The van der Waals surface area contributed by atoms with Gasteiger partial charge in [-0.25, -0.2) is 0 Å². The Labute approximate surface area is 110 Å². The summed E-state index contributed by atoms with van der Waals surface area (Å²) in [6, 6.07) is 5.82. The van der Waals surface area contributed by atoms with Gasteiger partial charge < -0.3 is 20.1 Å². The molecule has 0 atom stereocenters. The number of hydrogen-bond acceptors (Lipinski definition) is 4. The summed E-state index contributed by atoms with van der Waals surface area (Å²) in [7, 11) is 2.03. The van der Waals surface area contributed by atoms with Crippen molar-refractivity contribution in [2.45, 2.75) is 20.3 Å². The monoisotopic (exact) mass is 252 g/mol. The molecule has 0 amide bonds. The maximum atomic E-state index is 5.89. The summed E-state index contributed by atoms with van der Waals surface area (Å²) in [6.45, 7) is 7.09. The third-order valence-corrected chi connectivity index (χ3v) is 2.60. The minimum absolute atomic E-state index is 0.714. The molecule has 18 heavy (non-hydrogen) atoms. The normalized spacial score (nSPS) is 10.4. The number of anilines is 2. The molecule has 4 nitrogen and oxygen atoms in total. The van der Waals surface area contributed by atoms with E-state index in [2.05, 4.69) is 11.8 Å². The van der Waals surface area contributed by atoms with E-state index in [1.165, 1.54) is 0 Å². The van der Waals surface area contributed by atoms with Crippen molar-refractivity contribution in [3.63, 3.8) is 0 Å². The third kappa shape index (κ3) is 4.84. The second-order valence-electron chi connectivity index (χ2n) is 4.23. The van der Waals surface area contributed by atoms with E-state index in [1.807, 2.05) is 32.2 Å². The average molecular weight is 252 g/mol. The Bertz CT molecular complexity index is 356. The summed E-state index contributed by atoms with van der Waals surface area (Å²) >= 11 is 0. The SMILES string of the molecule is CCCOc1cc(N)cc(N(C)CCOCC)c1. The average Bonchev–Trinajstić information content (AvgIpc) is 2.36. The minimum atomic E-state index is 0.714. The second kappa shape index (κ2) is 7.82. The van der Waals surface area contributed by atoms with E-state index in [1.54, 1.807) is 0 Å². The molecule has 1 rings (SSSR count). The lowest BCUT2D eigenvalue weighted by Gasteiger charge is -2.20. The van der Waals surface area contributed by atoms with Gasteiger partial charge in [-0.15, -0.1) is 0 Å². The predicted molar refractivity (Wildman–Crippen MR) is 76.4 cm³/mol. The van der Waals surface area contributed by atoms with Crippen molar-refractivity contribution in [2.24, 2.45) is 0 Å². The van der Waals surface area contributed by atoms with E-state index in [9.17, 15) is 0 Å². The molecule has 0 spiro atoms. The fraction of sp³-hybridized carbons (Fsp3) is 0.571. The van der Waals surface area contributed by atoms with E-state index in [4.69, 9.17) is 15.2 Å². The van der Waals surface area contributed by atoms with Crippen molar-refractivity contribution < 1.29 is 9.47 Å². The van der Waals surface area contributed by atoms with E-state index < -0.39 is 0 Å². The smallest absolute Gasteiger partial charge is 0.123 e. The number of nitrogen functional groups attached to an aromatic ring is 1. The highest BCUT2D eigenvalue weighted by Crippen LogP contribution is 2.24. The Kier molecular flexibility index (Phi) is 6.36.